The number of nitrogens with one attached hydrogen (secondary N) is 2. The second-order valence-corrected chi connectivity index (χ2v) is 7.79. The van der Waals surface area contributed by atoms with Crippen molar-refractivity contribution >= 4 is 17.8 Å². The van der Waals surface area contributed by atoms with Gasteiger partial charge in [-0.1, -0.05) is 55.5 Å². The summed E-state index contributed by atoms with van der Waals surface area (Å²) in [5, 5.41) is 14.9. The van der Waals surface area contributed by atoms with E-state index in [0.717, 1.165) is 24.0 Å². The van der Waals surface area contributed by atoms with Crippen LogP contribution >= 0.6 is 0 Å². The summed E-state index contributed by atoms with van der Waals surface area (Å²) < 4.78 is 5.07. The van der Waals surface area contributed by atoms with Crippen molar-refractivity contribution in [1.82, 2.24) is 10.6 Å². The molecule has 3 unspecified atom stereocenters. The van der Waals surface area contributed by atoms with E-state index >= 15 is 0 Å². The van der Waals surface area contributed by atoms with Gasteiger partial charge < -0.3 is 26.2 Å². The SMILES string of the molecule is CCC(C(=O)CNC(=O)CNC(=O)OCC1=CCCC=C1)C(Cc1ccccc1)C(N)O. The maximum Gasteiger partial charge on any atom is 0.407 e. The molecule has 2 rings (SSSR count). The molecule has 1 aliphatic carbocycles. The predicted molar refractivity (Wildman–Crippen MR) is 121 cm³/mol. The number of allylic oxidation sites excluding steroid dienone is 2. The van der Waals surface area contributed by atoms with Crippen LogP contribution in [-0.4, -0.2) is 48.8 Å². The van der Waals surface area contributed by atoms with Crippen molar-refractivity contribution in [1.29, 1.82) is 0 Å². The second-order valence-electron chi connectivity index (χ2n) is 7.79. The number of rotatable bonds is 12. The molecule has 0 saturated heterocycles. The highest BCUT2D eigenvalue weighted by molar-refractivity contribution is 5.89. The van der Waals surface area contributed by atoms with Crippen LogP contribution in [0.15, 0.2) is 54.1 Å². The molecule has 1 aliphatic rings. The normalized spacial score (nSPS) is 15.8. The van der Waals surface area contributed by atoms with Crippen molar-refractivity contribution < 1.29 is 24.2 Å². The summed E-state index contributed by atoms with van der Waals surface area (Å²) in [7, 11) is 0. The van der Waals surface area contributed by atoms with E-state index in [1.54, 1.807) is 0 Å². The number of carbonyl (C=O) groups excluding carboxylic acids is 3. The summed E-state index contributed by atoms with van der Waals surface area (Å²) >= 11 is 0. The molecular weight excluding hydrogens is 410 g/mol. The summed E-state index contributed by atoms with van der Waals surface area (Å²) in [5.74, 6) is -1.70. The van der Waals surface area contributed by atoms with Crippen LogP contribution < -0.4 is 16.4 Å². The van der Waals surface area contributed by atoms with E-state index in [9.17, 15) is 19.5 Å². The number of hydrogen-bond donors (Lipinski definition) is 4. The van der Waals surface area contributed by atoms with Crippen molar-refractivity contribution in [3.63, 3.8) is 0 Å². The zero-order valence-electron chi connectivity index (χ0n) is 18.5. The standard InChI is InChI=1S/C24H33N3O5/c1-2-19(20(23(25)30)13-17-9-5-3-6-10-17)21(28)14-26-22(29)15-27-24(31)32-16-18-11-7-4-8-12-18/h3,5-7,9-12,19-20,23,30H,2,4,8,13-16,25H2,1H3,(H,26,29)(H,27,31). The minimum atomic E-state index is -1.16. The monoisotopic (exact) mass is 443 g/mol. The molecule has 0 saturated carbocycles. The van der Waals surface area contributed by atoms with Crippen LogP contribution in [0.2, 0.25) is 0 Å². The molecule has 5 N–H and O–H groups in total. The van der Waals surface area contributed by atoms with Crippen molar-refractivity contribution in [2.24, 2.45) is 17.6 Å². The highest BCUT2D eigenvalue weighted by Crippen LogP contribution is 2.23. The lowest BCUT2D eigenvalue weighted by Crippen LogP contribution is -2.44. The number of ketones is 1. The van der Waals surface area contributed by atoms with Crippen LogP contribution in [0, 0.1) is 11.8 Å². The first-order valence-electron chi connectivity index (χ1n) is 10.9. The Balaban J connectivity index is 1.76. The van der Waals surface area contributed by atoms with Crippen molar-refractivity contribution in [3.8, 4) is 0 Å². The molecule has 174 valence electrons. The molecule has 2 amide bonds. The molecule has 0 spiro atoms. The van der Waals surface area contributed by atoms with Gasteiger partial charge >= 0.3 is 6.09 Å². The number of hydrogen-bond acceptors (Lipinski definition) is 6. The topological polar surface area (TPSA) is 131 Å². The molecule has 3 atom stereocenters. The van der Waals surface area contributed by atoms with E-state index in [0.29, 0.717) is 12.8 Å². The summed E-state index contributed by atoms with van der Waals surface area (Å²) in [5.41, 5.74) is 7.65. The van der Waals surface area contributed by atoms with Crippen LogP contribution in [0.3, 0.4) is 0 Å². The molecule has 0 aliphatic heterocycles. The van der Waals surface area contributed by atoms with Crippen LogP contribution in [0.25, 0.3) is 0 Å². The molecule has 1 aromatic carbocycles. The number of aliphatic hydroxyl groups is 1. The molecule has 8 heteroatoms. The van der Waals surface area contributed by atoms with E-state index in [1.165, 1.54) is 0 Å². The van der Waals surface area contributed by atoms with Gasteiger partial charge in [0.15, 0.2) is 5.78 Å². The summed E-state index contributed by atoms with van der Waals surface area (Å²) in [6.07, 6.45) is 6.88. The predicted octanol–water partition coefficient (Wildman–Crippen LogP) is 1.84. The molecule has 1 aromatic rings. The number of Topliss-reactive ketones (excluding diaryl/α,β-unsaturated/α-hetero) is 1. The van der Waals surface area contributed by atoms with Crippen molar-refractivity contribution in [2.75, 3.05) is 19.7 Å². The Morgan fingerprint density at radius 2 is 1.88 bits per heavy atom. The quantitative estimate of drug-likeness (QED) is 0.365. The number of aliphatic hydroxyl groups excluding tert-OH is 1. The molecule has 8 nitrogen and oxygen atoms in total. The molecule has 0 fully saturated rings. The maximum absolute atomic E-state index is 12.7. The number of ether oxygens (including phenoxy) is 1. The van der Waals surface area contributed by atoms with Gasteiger partial charge in [-0.3, -0.25) is 9.59 Å². The third kappa shape index (κ3) is 8.64. The van der Waals surface area contributed by atoms with Crippen LogP contribution in [0.4, 0.5) is 4.79 Å². The van der Waals surface area contributed by atoms with Gasteiger partial charge in [0.25, 0.3) is 0 Å². The number of nitrogens with two attached hydrogens (primary N) is 1. The number of carbonyl (C=O) groups is 3. The highest BCUT2D eigenvalue weighted by atomic mass is 16.5. The Kier molecular flexibility index (Phi) is 10.6. The molecule has 0 radical (unpaired) electrons. The lowest BCUT2D eigenvalue weighted by molar-refractivity contribution is -0.128. The van der Waals surface area contributed by atoms with Crippen molar-refractivity contribution in [2.45, 2.75) is 38.8 Å². The van der Waals surface area contributed by atoms with E-state index < -0.39 is 30.1 Å². The van der Waals surface area contributed by atoms with Gasteiger partial charge in [-0.2, -0.15) is 0 Å². The fourth-order valence-electron chi connectivity index (χ4n) is 3.66. The summed E-state index contributed by atoms with van der Waals surface area (Å²) in [4.78, 5) is 36.5. The largest absolute Gasteiger partial charge is 0.445 e. The number of benzene rings is 1. The van der Waals surface area contributed by atoms with Gasteiger partial charge in [-0.05, 0) is 36.8 Å². The Hall–Kier alpha value is -2.97. The van der Waals surface area contributed by atoms with Gasteiger partial charge in [0.05, 0.1) is 6.54 Å². The lowest BCUT2D eigenvalue weighted by atomic mass is 9.81. The first-order chi connectivity index (χ1) is 15.4. The zero-order valence-corrected chi connectivity index (χ0v) is 18.5. The average Bonchev–Trinajstić information content (AvgIpc) is 2.81. The molecule has 0 aromatic heterocycles. The minimum Gasteiger partial charge on any atom is -0.445 e. The Bertz CT molecular complexity index is 820. The second kappa shape index (κ2) is 13.4. The van der Waals surface area contributed by atoms with Crippen LogP contribution in [-0.2, 0) is 20.7 Å². The van der Waals surface area contributed by atoms with Gasteiger partial charge in [0, 0.05) is 11.8 Å². The number of alkyl carbamates (subject to hydrolysis) is 1. The zero-order chi connectivity index (χ0) is 23.3. The average molecular weight is 444 g/mol. The third-order valence-corrected chi connectivity index (χ3v) is 5.42. The third-order valence-electron chi connectivity index (χ3n) is 5.42. The van der Waals surface area contributed by atoms with Gasteiger partial charge in [-0.25, -0.2) is 4.79 Å². The molecule has 0 heterocycles. The first-order valence-corrected chi connectivity index (χ1v) is 10.9. The fraction of sp³-hybridized carbons (Fsp3) is 0.458. The first kappa shape index (κ1) is 25.3. The Morgan fingerprint density at radius 1 is 1.12 bits per heavy atom. The fourth-order valence-corrected chi connectivity index (χ4v) is 3.66. The summed E-state index contributed by atoms with van der Waals surface area (Å²) in [6.45, 7) is 1.48. The Morgan fingerprint density at radius 3 is 2.50 bits per heavy atom. The van der Waals surface area contributed by atoms with Gasteiger partial charge in [0.2, 0.25) is 5.91 Å². The van der Waals surface area contributed by atoms with E-state index in [-0.39, 0.29) is 25.5 Å². The Labute approximate surface area is 188 Å². The van der Waals surface area contributed by atoms with Gasteiger partial charge in [-0.15, -0.1) is 0 Å². The van der Waals surface area contributed by atoms with E-state index in [4.69, 9.17) is 10.5 Å². The van der Waals surface area contributed by atoms with E-state index in [2.05, 4.69) is 10.6 Å². The van der Waals surface area contributed by atoms with Crippen LogP contribution in [0.5, 0.6) is 0 Å². The van der Waals surface area contributed by atoms with E-state index in [1.807, 2.05) is 55.5 Å². The minimum absolute atomic E-state index is 0.144. The smallest absolute Gasteiger partial charge is 0.407 e. The molecule has 0 bridgehead atoms. The molecular formula is C24H33N3O5. The highest BCUT2D eigenvalue weighted by Gasteiger charge is 2.30. The lowest BCUT2D eigenvalue weighted by Gasteiger charge is -2.27. The maximum atomic E-state index is 12.7. The summed E-state index contributed by atoms with van der Waals surface area (Å²) in [6, 6.07) is 9.50. The number of amides is 2. The van der Waals surface area contributed by atoms with Crippen molar-refractivity contribution in [3.05, 3.63) is 59.7 Å². The van der Waals surface area contributed by atoms with Crippen LogP contribution in [0.1, 0.15) is 31.7 Å². The molecule has 32 heavy (non-hydrogen) atoms. The van der Waals surface area contributed by atoms with Gasteiger partial charge in [0.1, 0.15) is 19.4 Å².